The first-order chi connectivity index (χ1) is 1.00. The fourth-order valence-corrected chi connectivity index (χ4v) is 0. The van der Waals surface area contributed by atoms with E-state index < -0.39 is 0 Å². The Balaban J connectivity index is -0.0000000000368. The number of hydrogen-bond acceptors (Lipinski definition) is 6. The summed E-state index contributed by atoms with van der Waals surface area (Å²) in [6.07, 6.45) is 0. The van der Waals surface area contributed by atoms with Crippen LogP contribution in [0.25, 0.3) is 0 Å². The molecule has 6 nitrogen and oxygen atoms in total. The van der Waals surface area contributed by atoms with Gasteiger partial charge in [-0.15, -0.1) is 0 Å². The van der Waals surface area contributed by atoms with Crippen molar-refractivity contribution in [3.8, 4) is 0 Å². The molecule has 0 spiro atoms. The molecule has 0 aliphatic carbocycles. The largest absolute Gasteiger partial charge is 3.00 e. The van der Waals surface area contributed by atoms with Gasteiger partial charge in [0, 0.05) is 33.6 Å². The van der Waals surface area contributed by atoms with Crippen LogP contribution < -0.4 is 74.5 Å². The molecule has 5 radical (unpaired) electrons. The normalized spacial score (nSPS) is 0.316. The Hall–Kier alpha value is 1.20. The summed E-state index contributed by atoms with van der Waals surface area (Å²) in [6.45, 7) is 0. The summed E-state index contributed by atoms with van der Waals surface area (Å²) < 4.78 is 16.0. The molecule has 139 valence electrons. The fraction of sp³-hybridized carbons (Fsp3) is 0. The third-order valence-electron chi connectivity index (χ3n) is 0. The van der Waals surface area contributed by atoms with Crippen LogP contribution in [0.15, 0.2) is 0 Å². The molecule has 0 aliphatic heterocycles. The Labute approximate surface area is 149 Å². The molecule has 0 aromatic carbocycles. The molecule has 0 saturated carbocycles. The van der Waals surface area contributed by atoms with Gasteiger partial charge in [-0.05, 0) is 0 Å². The van der Waals surface area contributed by atoms with Gasteiger partial charge in [-0.2, -0.15) is 0 Å². The van der Waals surface area contributed by atoms with Crippen molar-refractivity contribution in [2.75, 3.05) is 0 Å². The first-order valence-corrected chi connectivity index (χ1v) is 0.143. The van der Waals surface area contributed by atoms with E-state index in [0.29, 0.717) is 0 Å². The number of halogens is 10. The molecule has 18 N–H and O–H groups in total. The Morgan fingerprint density at radius 2 is 0.368 bits per heavy atom. The van der Waals surface area contributed by atoms with Gasteiger partial charge in [0.05, 0.1) is 0 Å². The first kappa shape index (κ1) is 1540. The molecule has 0 amide bonds. The molecule has 0 aromatic rings. The maximum Gasteiger partial charge on any atom is 3.00 e. The summed E-state index contributed by atoms with van der Waals surface area (Å²) in [5.41, 5.74) is 0. The van der Waals surface area contributed by atoms with Gasteiger partial charge in [-0.25, -0.2) is 0 Å². The number of rotatable bonds is 0. The zero-order valence-electron chi connectivity index (χ0n) is 9.25. The quantitative estimate of drug-likeness (QED) is 0.118. The van der Waals surface area contributed by atoms with Gasteiger partial charge in [-0.3, -0.25) is 0 Å². The van der Waals surface area contributed by atoms with Crippen LogP contribution in [0.3, 0.4) is 0 Å². The summed E-state index contributed by atoms with van der Waals surface area (Å²) in [4.78, 5) is 0. The van der Waals surface area contributed by atoms with E-state index in [1.807, 2.05) is 0 Å². The molecule has 0 unspecified atom stereocenters. The summed E-state index contributed by atoms with van der Waals surface area (Å²) >= 11 is 0. The van der Waals surface area contributed by atoms with E-state index in [0.717, 1.165) is 0 Å². The van der Waals surface area contributed by atoms with Gasteiger partial charge in [0.1, 0.15) is 0 Å². The molecule has 0 bridgehead atoms. The van der Waals surface area contributed by atoms with Crippen LogP contribution in [-0.2, 0) is 16.8 Å². The average Bonchev–Trinajstić information content (AvgIpc) is 1.00. The molecule has 0 heterocycles. The smallest absolute Gasteiger partial charge is 1.00 e. The van der Waals surface area contributed by atoms with Crippen molar-refractivity contribution < 1.29 is 63.6 Å². The Kier molecular flexibility index (Phi) is 355000. The van der Waals surface area contributed by atoms with Crippen LogP contribution in [0.5, 0.6) is 0 Å². The van der Waals surface area contributed by atoms with Crippen LogP contribution in [0.2, 0.25) is 0 Å². The van der Waals surface area contributed by atoms with Crippen molar-refractivity contribution >= 4 is 48.9 Å². The third-order valence-corrected chi connectivity index (χ3v) is 0. The van der Waals surface area contributed by atoms with Crippen molar-refractivity contribution in [2.45, 2.75) is 0 Å². The van der Waals surface area contributed by atoms with Crippen molar-refractivity contribution in [1.82, 2.24) is 36.9 Å². The fourth-order valence-electron chi connectivity index (χ4n) is 0. The molecule has 0 saturated heterocycles. The van der Waals surface area contributed by atoms with Crippen LogP contribution in [0.4, 0.5) is 9.15 Å². The van der Waals surface area contributed by atoms with E-state index in [1.165, 1.54) is 0 Å². The minimum absolute atomic E-state index is 0. The predicted octanol–water partition coefficient (Wildman–Crippen LogP) is -22.9. The van der Waals surface area contributed by atoms with Gasteiger partial charge in [0.2, 0.25) is 0 Å². The van der Waals surface area contributed by atoms with Crippen LogP contribution in [-0.4, -0.2) is 48.9 Å². The standard InChI is InChI=1S/Co.F2.8FH.6H3N.2Sb/c;1-2;;;;;;;;;;;;;;;;/h;;8*1H;6*1H3;;/q+3;;;;;;;;;;;;;;;;;+3/p-8. The maximum absolute atomic E-state index is 8.00. The zero-order chi connectivity index (χ0) is 2.00. The van der Waals surface area contributed by atoms with Gasteiger partial charge in [0.25, 0.3) is 0 Å². The van der Waals surface area contributed by atoms with Crippen molar-refractivity contribution in [3.05, 3.63) is 0 Å². The van der Waals surface area contributed by atoms with E-state index in [9.17, 15) is 0 Å². The Bertz CT molecular complexity index is 30.0. The van der Waals surface area contributed by atoms with E-state index in [4.69, 9.17) is 9.15 Å². The van der Waals surface area contributed by atoms with Gasteiger partial charge >= 0.3 is 41.2 Å². The molecule has 0 atom stereocenters. The molecule has 0 aliphatic rings. The molecule has 0 fully saturated rings. The van der Waals surface area contributed by atoms with Crippen molar-refractivity contribution in [2.24, 2.45) is 0 Å². The molecular weight excluding hydrogens is 576 g/mol. The molecular formula is H18CoF10N6Sb2-2. The molecule has 19 heavy (non-hydrogen) atoms. The van der Waals surface area contributed by atoms with Crippen molar-refractivity contribution in [3.63, 3.8) is 0 Å². The average molecular weight is 595 g/mol. The van der Waals surface area contributed by atoms with Gasteiger partial charge < -0.3 is 74.5 Å². The van der Waals surface area contributed by atoms with Crippen LogP contribution in [0.1, 0.15) is 0 Å². The zero-order valence-corrected chi connectivity index (χ0v) is 15.4. The summed E-state index contributed by atoms with van der Waals surface area (Å²) in [5.74, 6) is 0. The maximum atomic E-state index is 8.00. The third kappa shape index (κ3) is 3930. The summed E-state index contributed by atoms with van der Waals surface area (Å²) in [7, 11) is 0. The van der Waals surface area contributed by atoms with Gasteiger partial charge in [0.15, 0.2) is 0 Å². The molecule has 0 rings (SSSR count). The SMILES string of the molecule is FF.N.N.N.N.N.N.[Co+3].[F-].[F-].[F-].[F-].[F-].[F-].[F-].[F-].[Sb+3].[Sb]. The van der Waals surface area contributed by atoms with E-state index in [-0.39, 0.29) is 140 Å². The number of hydrogen-bond donors (Lipinski definition) is 6. The van der Waals surface area contributed by atoms with E-state index in [2.05, 4.69) is 0 Å². The summed E-state index contributed by atoms with van der Waals surface area (Å²) in [5, 5.41) is 0. The second kappa shape index (κ2) is 4400. The monoisotopic (exact) mass is 593 g/mol. The van der Waals surface area contributed by atoms with E-state index in [1.54, 1.807) is 0 Å². The minimum atomic E-state index is 0. The van der Waals surface area contributed by atoms with Crippen molar-refractivity contribution in [1.29, 1.82) is 0 Å². The topological polar surface area (TPSA) is 210 Å². The first-order valence-electron chi connectivity index (χ1n) is 0.143. The van der Waals surface area contributed by atoms with Crippen LogP contribution >= 0.6 is 0 Å². The molecule has 0 aromatic heterocycles. The van der Waals surface area contributed by atoms with E-state index >= 15 is 0 Å². The Morgan fingerprint density at radius 3 is 0.368 bits per heavy atom. The van der Waals surface area contributed by atoms with Gasteiger partial charge in [-0.1, -0.05) is 0 Å². The molecule has 19 heteroatoms. The second-order valence-electron chi connectivity index (χ2n) is 0. The minimum Gasteiger partial charge on any atom is -1.00 e. The summed E-state index contributed by atoms with van der Waals surface area (Å²) in [6, 6.07) is 0. The van der Waals surface area contributed by atoms with Crippen LogP contribution in [0, 0.1) is 0 Å². The second-order valence-corrected chi connectivity index (χ2v) is 0. The Morgan fingerprint density at radius 1 is 0.368 bits per heavy atom. The predicted molar refractivity (Wildman–Crippen MR) is 43.9 cm³/mol.